The predicted octanol–water partition coefficient (Wildman–Crippen LogP) is 3.28. The van der Waals surface area contributed by atoms with Crippen molar-refractivity contribution >= 4 is 29.3 Å². The third kappa shape index (κ3) is 4.58. The number of likely N-dealkylation sites (tertiary alicyclic amines) is 1. The Morgan fingerprint density at radius 2 is 2.26 bits per heavy atom. The summed E-state index contributed by atoms with van der Waals surface area (Å²) in [6, 6.07) is 0. The van der Waals surface area contributed by atoms with Crippen molar-refractivity contribution in [2.24, 2.45) is 0 Å². The van der Waals surface area contributed by atoms with Crippen molar-refractivity contribution in [3.8, 4) is 0 Å². The third-order valence-electron chi connectivity index (χ3n) is 3.90. The summed E-state index contributed by atoms with van der Waals surface area (Å²) in [5.41, 5.74) is 0.718. The second kappa shape index (κ2) is 7.17. The molecule has 1 aliphatic rings. The van der Waals surface area contributed by atoms with Gasteiger partial charge >= 0.3 is 0 Å². The van der Waals surface area contributed by atoms with E-state index in [-0.39, 0.29) is 11.4 Å². The largest absolute Gasteiger partial charge is 0.369 e. The van der Waals surface area contributed by atoms with E-state index in [4.69, 9.17) is 11.6 Å². The van der Waals surface area contributed by atoms with Gasteiger partial charge in [0.1, 0.15) is 10.8 Å². The lowest BCUT2D eigenvalue weighted by molar-refractivity contribution is -0.130. The van der Waals surface area contributed by atoms with Gasteiger partial charge in [-0.25, -0.2) is 4.98 Å². The maximum Gasteiger partial charge on any atom is 0.228 e. The standard InChI is InChI=1S/C16H24ClN5O/c1-11(2)20-15-19-10-12(17)14(21-15)18-8-5-9-22-13(23)6-7-16(22,3)4/h10H,1,5-9H2,2-4H3,(H2,18,19,20,21). The molecule has 0 unspecified atom stereocenters. The van der Waals surface area contributed by atoms with Gasteiger partial charge in [-0.1, -0.05) is 18.2 Å². The number of carbonyl (C=O) groups is 1. The first-order chi connectivity index (χ1) is 10.8. The Morgan fingerprint density at radius 1 is 1.52 bits per heavy atom. The van der Waals surface area contributed by atoms with E-state index in [2.05, 4.69) is 41.0 Å². The molecule has 1 aromatic rings. The molecular weight excluding hydrogens is 314 g/mol. The van der Waals surface area contributed by atoms with Gasteiger partial charge in [0.05, 0.1) is 6.20 Å². The van der Waals surface area contributed by atoms with Crippen LogP contribution in [0.5, 0.6) is 0 Å². The van der Waals surface area contributed by atoms with E-state index in [1.165, 1.54) is 0 Å². The van der Waals surface area contributed by atoms with Crippen LogP contribution in [-0.2, 0) is 4.79 Å². The number of halogens is 1. The molecule has 2 N–H and O–H groups in total. The average molecular weight is 338 g/mol. The molecule has 1 aliphatic heterocycles. The number of aromatic nitrogens is 2. The first kappa shape index (κ1) is 17.5. The highest BCUT2D eigenvalue weighted by atomic mass is 35.5. The van der Waals surface area contributed by atoms with Gasteiger partial charge in [-0.2, -0.15) is 4.98 Å². The fourth-order valence-electron chi connectivity index (χ4n) is 2.63. The van der Waals surface area contributed by atoms with Crippen molar-refractivity contribution in [1.29, 1.82) is 0 Å². The molecule has 0 aliphatic carbocycles. The number of amides is 1. The van der Waals surface area contributed by atoms with Crippen LogP contribution in [0.15, 0.2) is 18.5 Å². The Labute approximate surface area is 142 Å². The van der Waals surface area contributed by atoms with Crippen LogP contribution in [0.4, 0.5) is 11.8 Å². The van der Waals surface area contributed by atoms with E-state index < -0.39 is 0 Å². The number of hydrogen-bond donors (Lipinski definition) is 2. The van der Waals surface area contributed by atoms with Crippen molar-refractivity contribution in [2.75, 3.05) is 23.7 Å². The zero-order chi connectivity index (χ0) is 17.0. The Hall–Kier alpha value is -1.82. The molecule has 1 saturated heterocycles. The number of rotatable bonds is 7. The van der Waals surface area contributed by atoms with E-state index in [0.29, 0.717) is 29.8 Å². The Balaban J connectivity index is 1.86. The summed E-state index contributed by atoms with van der Waals surface area (Å²) in [7, 11) is 0. The van der Waals surface area contributed by atoms with E-state index in [0.717, 1.165) is 25.1 Å². The summed E-state index contributed by atoms with van der Waals surface area (Å²) in [6.07, 6.45) is 3.95. The van der Waals surface area contributed by atoms with Gasteiger partial charge in [0.25, 0.3) is 0 Å². The minimum Gasteiger partial charge on any atom is -0.369 e. The maximum atomic E-state index is 11.9. The minimum absolute atomic E-state index is 0.0395. The molecule has 6 nitrogen and oxygen atoms in total. The van der Waals surface area contributed by atoms with Gasteiger partial charge in [0.15, 0.2) is 0 Å². The van der Waals surface area contributed by atoms with Gasteiger partial charge < -0.3 is 15.5 Å². The molecule has 0 radical (unpaired) electrons. The molecule has 0 spiro atoms. The van der Waals surface area contributed by atoms with Gasteiger partial charge in [-0.15, -0.1) is 0 Å². The van der Waals surface area contributed by atoms with Crippen molar-refractivity contribution in [3.05, 3.63) is 23.5 Å². The van der Waals surface area contributed by atoms with Gasteiger partial charge in [-0.05, 0) is 33.6 Å². The normalized spacial score (nSPS) is 16.5. The molecule has 1 fully saturated rings. The lowest BCUT2D eigenvalue weighted by Gasteiger charge is -2.31. The molecule has 0 aromatic carbocycles. The molecule has 0 bridgehead atoms. The second-order valence-corrected chi connectivity index (χ2v) is 6.84. The first-order valence-electron chi connectivity index (χ1n) is 7.79. The molecule has 0 atom stereocenters. The van der Waals surface area contributed by atoms with E-state index in [1.807, 2.05) is 11.8 Å². The zero-order valence-corrected chi connectivity index (χ0v) is 14.7. The van der Waals surface area contributed by atoms with E-state index in [1.54, 1.807) is 6.20 Å². The van der Waals surface area contributed by atoms with Gasteiger partial charge in [0.2, 0.25) is 11.9 Å². The fourth-order valence-corrected chi connectivity index (χ4v) is 2.79. The summed E-state index contributed by atoms with van der Waals surface area (Å²) < 4.78 is 0. The van der Waals surface area contributed by atoms with Crippen molar-refractivity contribution in [3.63, 3.8) is 0 Å². The Morgan fingerprint density at radius 3 is 2.87 bits per heavy atom. The van der Waals surface area contributed by atoms with Crippen LogP contribution in [0.3, 0.4) is 0 Å². The van der Waals surface area contributed by atoms with Gasteiger partial charge in [0, 0.05) is 30.7 Å². The molecule has 7 heteroatoms. The number of carbonyl (C=O) groups excluding carboxylic acids is 1. The highest BCUT2D eigenvalue weighted by molar-refractivity contribution is 6.32. The summed E-state index contributed by atoms with van der Waals surface area (Å²) in [6.45, 7) is 11.2. The summed E-state index contributed by atoms with van der Waals surface area (Å²) in [5.74, 6) is 1.28. The molecule has 23 heavy (non-hydrogen) atoms. The Kier molecular flexibility index (Phi) is 5.46. The number of allylic oxidation sites excluding steroid dienone is 1. The summed E-state index contributed by atoms with van der Waals surface area (Å²) in [4.78, 5) is 22.3. The molecule has 2 heterocycles. The number of nitrogens with one attached hydrogen (secondary N) is 2. The Bertz CT molecular complexity index is 602. The highest BCUT2D eigenvalue weighted by Gasteiger charge is 2.36. The van der Waals surface area contributed by atoms with E-state index >= 15 is 0 Å². The smallest absolute Gasteiger partial charge is 0.228 e. The molecule has 0 saturated carbocycles. The van der Waals surface area contributed by atoms with Crippen LogP contribution in [0, 0.1) is 0 Å². The van der Waals surface area contributed by atoms with Crippen LogP contribution in [0.2, 0.25) is 5.02 Å². The minimum atomic E-state index is -0.0395. The SMILES string of the molecule is C=C(C)Nc1ncc(Cl)c(NCCCN2C(=O)CCC2(C)C)n1. The van der Waals surface area contributed by atoms with Crippen LogP contribution >= 0.6 is 11.6 Å². The number of hydrogen-bond acceptors (Lipinski definition) is 5. The summed E-state index contributed by atoms with van der Waals surface area (Å²) in [5, 5.41) is 6.63. The highest BCUT2D eigenvalue weighted by Crippen LogP contribution is 2.29. The molecule has 1 amide bonds. The molecular formula is C16H24ClN5O. The average Bonchev–Trinajstić information content (AvgIpc) is 2.72. The predicted molar refractivity (Wildman–Crippen MR) is 93.6 cm³/mol. The monoisotopic (exact) mass is 337 g/mol. The first-order valence-corrected chi connectivity index (χ1v) is 8.17. The van der Waals surface area contributed by atoms with Crippen LogP contribution < -0.4 is 10.6 Å². The van der Waals surface area contributed by atoms with Crippen molar-refractivity contribution < 1.29 is 4.79 Å². The van der Waals surface area contributed by atoms with Crippen molar-refractivity contribution in [2.45, 2.75) is 45.6 Å². The number of anilines is 2. The zero-order valence-electron chi connectivity index (χ0n) is 13.9. The lowest BCUT2D eigenvalue weighted by atomic mass is 10.0. The van der Waals surface area contributed by atoms with Gasteiger partial charge in [-0.3, -0.25) is 4.79 Å². The van der Waals surface area contributed by atoms with E-state index in [9.17, 15) is 4.79 Å². The summed E-state index contributed by atoms with van der Waals surface area (Å²) >= 11 is 6.11. The fraction of sp³-hybridized carbons (Fsp3) is 0.562. The lowest BCUT2D eigenvalue weighted by Crippen LogP contribution is -2.41. The molecule has 126 valence electrons. The maximum absolute atomic E-state index is 11.9. The molecule has 2 rings (SSSR count). The molecule has 1 aromatic heterocycles. The quantitative estimate of drug-likeness (QED) is 0.747. The van der Waals surface area contributed by atoms with Crippen molar-refractivity contribution in [1.82, 2.24) is 14.9 Å². The van der Waals surface area contributed by atoms with Crippen LogP contribution in [-0.4, -0.2) is 39.4 Å². The number of nitrogens with zero attached hydrogens (tertiary/aromatic N) is 3. The van der Waals surface area contributed by atoms with Crippen LogP contribution in [0.25, 0.3) is 0 Å². The van der Waals surface area contributed by atoms with Crippen LogP contribution in [0.1, 0.15) is 40.0 Å². The second-order valence-electron chi connectivity index (χ2n) is 6.43. The topological polar surface area (TPSA) is 70.2 Å². The third-order valence-corrected chi connectivity index (χ3v) is 4.18.